The minimum atomic E-state index is -5.80. The van der Waals surface area contributed by atoms with Crippen molar-refractivity contribution >= 4 is 5.78 Å². The number of aliphatic hydroxyl groups is 2. The van der Waals surface area contributed by atoms with Crippen molar-refractivity contribution in [3.63, 3.8) is 0 Å². The topological polar surface area (TPSA) is 57.5 Å². The maximum absolute atomic E-state index is 14.8. The van der Waals surface area contributed by atoms with Crippen LogP contribution in [0.2, 0.25) is 0 Å². The van der Waals surface area contributed by atoms with E-state index in [0.717, 1.165) is 31.3 Å². The molecule has 0 aromatic carbocycles. The predicted octanol–water partition coefficient (Wildman–Crippen LogP) is 6.62. The van der Waals surface area contributed by atoms with Gasteiger partial charge >= 0.3 is 12.1 Å². The van der Waals surface area contributed by atoms with Crippen LogP contribution < -0.4 is 0 Å². The molecule has 4 aliphatic rings. The molecule has 200 valence electrons. The number of hydrogen-bond acceptors (Lipinski definition) is 3. The van der Waals surface area contributed by atoms with Crippen LogP contribution in [0.3, 0.4) is 0 Å². The molecular weight excluding hydrogens is 467 g/mol. The molecule has 35 heavy (non-hydrogen) atoms. The van der Waals surface area contributed by atoms with Crippen molar-refractivity contribution in [2.24, 2.45) is 34.5 Å². The molecule has 0 saturated heterocycles. The Morgan fingerprint density at radius 2 is 1.63 bits per heavy atom. The van der Waals surface area contributed by atoms with Crippen LogP contribution in [-0.2, 0) is 4.79 Å². The largest absolute Gasteiger partial charge is 0.456 e. The van der Waals surface area contributed by atoms with Gasteiger partial charge < -0.3 is 10.2 Å². The van der Waals surface area contributed by atoms with Gasteiger partial charge in [0.05, 0.1) is 0 Å². The summed E-state index contributed by atoms with van der Waals surface area (Å²) in [4.78, 5) is 12.3. The van der Waals surface area contributed by atoms with E-state index in [9.17, 15) is 31.9 Å². The average molecular weight is 507 g/mol. The lowest BCUT2D eigenvalue weighted by Crippen LogP contribution is -2.66. The number of aliphatic hydroxyl groups excluding tert-OH is 1. The van der Waals surface area contributed by atoms with Crippen molar-refractivity contribution < 1.29 is 37.0 Å². The third-order valence-electron chi connectivity index (χ3n) is 10.6. The van der Waals surface area contributed by atoms with Gasteiger partial charge in [0, 0.05) is 18.4 Å². The molecule has 4 aliphatic carbocycles. The van der Waals surface area contributed by atoms with Gasteiger partial charge in [0.15, 0.2) is 5.78 Å². The standard InChI is InChI=1S/C27H39F5O3/c1-23-11-8-19(34)16-18(23)15-17(7-5-3-4-6-14-33)22-20(23)9-12-24(2)21(22)10-13-25(24,35)26(28,29)27(30,31)32/h16-17,20-22,33,35H,3-15H2,1-2H3/t17?,20-,21+,22-,23+,24+,25?/m1/s1. The molecule has 2 unspecified atom stereocenters. The summed E-state index contributed by atoms with van der Waals surface area (Å²) in [5, 5.41) is 20.2. The van der Waals surface area contributed by atoms with Crippen LogP contribution in [0.1, 0.15) is 90.9 Å². The molecule has 0 aromatic rings. The number of carbonyl (C=O) groups is 1. The summed E-state index contributed by atoms with van der Waals surface area (Å²) in [7, 11) is 0. The zero-order valence-electron chi connectivity index (χ0n) is 20.8. The first-order valence-corrected chi connectivity index (χ1v) is 13.2. The number of carbonyl (C=O) groups excluding carboxylic acids is 1. The predicted molar refractivity (Wildman–Crippen MR) is 122 cm³/mol. The summed E-state index contributed by atoms with van der Waals surface area (Å²) in [6.45, 7) is 3.75. The van der Waals surface area contributed by atoms with Crippen molar-refractivity contribution in [1.82, 2.24) is 0 Å². The monoisotopic (exact) mass is 506 g/mol. The van der Waals surface area contributed by atoms with Gasteiger partial charge in [0.1, 0.15) is 5.60 Å². The van der Waals surface area contributed by atoms with Crippen molar-refractivity contribution in [2.75, 3.05) is 6.61 Å². The Kier molecular flexibility index (Phi) is 7.00. The molecular formula is C27H39F5O3. The van der Waals surface area contributed by atoms with Crippen LogP contribution >= 0.6 is 0 Å². The number of unbranched alkanes of at least 4 members (excludes halogenated alkanes) is 3. The fourth-order valence-electron chi connectivity index (χ4n) is 8.64. The highest BCUT2D eigenvalue weighted by Gasteiger charge is 2.79. The fourth-order valence-corrected chi connectivity index (χ4v) is 8.64. The van der Waals surface area contributed by atoms with E-state index in [1.54, 1.807) is 6.08 Å². The average Bonchev–Trinajstić information content (AvgIpc) is 3.06. The highest BCUT2D eigenvalue weighted by molar-refractivity contribution is 5.91. The molecule has 0 aromatic heterocycles. The Bertz CT molecular complexity index is 854. The quantitative estimate of drug-likeness (QED) is 0.302. The van der Waals surface area contributed by atoms with Crippen LogP contribution in [0.4, 0.5) is 22.0 Å². The van der Waals surface area contributed by atoms with Crippen LogP contribution in [0.15, 0.2) is 11.6 Å². The molecule has 0 radical (unpaired) electrons. The summed E-state index contributed by atoms with van der Waals surface area (Å²) in [6, 6.07) is 0. The Labute approximate surface area is 204 Å². The van der Waals surface area contributed by atoms with E-state index in [4.69, 9.17) is 5.11 Å². The van der Waals surface area contributed by atoms with Gasteiger partial charge in [-0.25, -0.2) is 0 Å². The maximum atomic E-state index is 14.8. The van der Waals surface area contributed by atoms with Gasteiger partial charge in [0.2, 0.25) is 0 Å². The third-order valence-corrected chi connectivity index (χ3v) is 10.6. The van der Waals surface area contributed by atoms with Gasteiger partial charge in [-0.3, -0.25) is 4.79 Å². The molecule has 0 bridgehead atoms. The lowest BCUT2D eigenvalue weighted by Gasteiger charge is -2.62. The number of fused-ring (bicyclic) bond motifs is 5. The first-order chi connectivity index (χ1) is 16.2. The van der Waals surface area contributed by atoms with Crippen molar-refractivity contribution in [1.29, 1.82) is 0 Å². The Morgan fingerprint density at radius 1 is 0.971 bits per heavy atom. The van der Waals surface area contributed by atoms with Gasteiger partial charge in [-0.1, -0.05) is 38.7 Å². The Balaban J connectivity index is 1.69. The lowest BCUT2D eigenvalue weighted by molar-refractivity contribution is -0.364. The SMILES string of the molecule is C[C@]12CCC(=O)C=C1CC(CCCCCCO)[C@@H]1[C@H]2CC[C@@]2(C)[C@H]1CCC2(O)C(F)(F)C(F)(F)F. The number of ketones is 1. The number of halogens is 5. The molecule has 0 amide bonds. The van der Waals surface area contributed by atoms with E-state index in [-0.39, 0.29) is 48.4 Å². The van der Waals surface area contributed by atoms with E-state index in [1.165, 1.54) is 6.92 Å². The van der Waals surface area contributed by atoms with Crippen molar-refractivity contribution in [2.45, 2.75) is 109 Å². The highest BCUT2D eigenvalue weighted by atomic mass is 19.4. The lowest BCUT2D eigenvalue weighted by atomic mass is 9.43. The second-order valence-corrected chi connectivity index (χ2v) is 12.2. The van der Waals surface area contributed by atoms with E-state index in [2.05, 4.69) is 6.92 Å². The van der Waals surface area contributed by atoms with E-state index in [1.807, 2.05) is 0 Å². The number of alkyl halides is 5. The second kappa shape index (κ2) is 9.07. The minimum Gasteiger partial charge on any atom is -0.396 e. The molecule has 3 nitrogen and oxygen atoms in total. The van der Waals surface area contributed by atoms with Gasteiger partial charge in [-0.05, 0) is 86.5 Å². The molecule has 0 spiro atoms. The molecule has 3 saturated carbocycles. The second-order valence-electron chi connectivity index (χ2n) is 12.2. The van der Waals surface area contributed by atoms with Crippen LogP contribution in [0.25, 0.3) is 0 Å². The molecule has 3 fully saturated rings. The first kappa shape index (κ1) is 27.0. The molecule has 8 heteroatoms. The normalized spacial score (nSPS) is 41.7. The van der Waals surface area contributed by atoms with Crippen LogP contribution in [0.5, 0.6) is 0 Å². The molecule has 2 N–H and O–H groups in total. The van der Waals surface area contributed by atoms with E-state index < -0.39 is 35.5 Å². The van der Waals surface area contributed by atoms with Gasteiger partial charge in [0.25, 0.3) is 0 Å². The molecule has 7 atom stereocenters. The fraction of sp³-hybridized carbons (Fsp3) is 0.889. The van der Waals surface area contributed by atoms with E-state index >= 15 is 0 Å². The van der Waals surface area contributed by atoms with Crippen molar-refractivity contribution in [3.8, 4) is 0 Å². The van der Waals surface area contributed by atoms with Gasteiger partial charge in [-0.2, -0.15) is 22.0 Å². The number of rotatable bonds is 7. The zero-order valence-corrected chi connectivity index (χ0v) is 20.8. The highest BCUT2D eigenvalue weighted by Crippen LogP contribution is 2.72. The summed E-state index contributed by atoms with van der Waals surface area (Å²) in [5.41, 5.74) is -3.77. The van der Waals surface area contributed by atoms with Gasteiger partial charge in [-0.15, -0.1) is 0 Å². The molecule has 0 aliphatic heterocycles. The first-order valence-electron chi connectivity index (χ1n) is 13.2. The van der Waals surface area contributed by atoms with Crippen LogP contribution in [0, 0.1) is 34.5 Å². The van der Waals surface area contributed by atoms with Crippen molar-refractivity contribution in [3.05, 3.63) is 11.6 Å². The van der Waals surface area contributed by atoms with E-state index in [0.29, 0.717) is 32.1 Å². The summed E-state index contributed by atoms with van der Waals surface area (Å²) < 4.78 is 70.1. The smallest absolute Gasteiger partial charge is 0.396 e. The summed E-state index contributed by atoms with van der Waals surface area (Å²) in [6.07, 6.45) is 2.21. The maximum Gasteiger partial charge on any atom is 0.456 e. The third kappa shape index (κ3) is 4.00. The summed E-state index contributed by atoms with van der Waals surface area (Å²) in [5.74, 6) is -5.34. The van der Waals surface area contributed by atoms with Crippen LogP contribution in [-0.4, -0.2) is 40.3 Å². The Morgan fingerprint density at radius 3 is 2.29 bits per heavy atom. The summed E-state index contributed by atoms with van der Waals surface area (Å²) >= 11 is 0. The zero-order chi connectivity index (χ0) is 25.9. The Hall–Kier alpha value is -1.02. The molecule has 0 heterocycles. The number of hydrogen-bond donors (Lipinski definition) is 2. The molecule has 4 rings (SSSR count). The minimum absolute atomic E-state index is 0.0556. The number of allylic oxidation sites excluding steroid dienone is 1.